The second-order valence-corrected chi connectivity index (χ2v) is 9.23. The first-order chi connectivity index (χ1) is 15.0. The zero-order valence-electron chi connectivity index (χ0n) is 18.6. The minimum atomic E-state index is -0.959. The number of aryl methyl sites for hydroxylation is 1. The summed E-state index contributed by atoms with van der Waals surface area (Å²) < 4.78 is 10.7. The van der Waals surface area contributed by atoms with Crippen LogP contribution < -0.4 is 5.32 Å². The molecule has 1 aliphatic heterocycles. The van der Waals surface area contributed by atoms with Crippen molar-refractivity contribution in [2.75, 3.05) is 18.5 Å². The Kier molecular flexibility index (Phi) is 6.75. The van der Waals surface area contributed by atoms with Gasteiger partial charge in [-0.3, -0.25) is 24.6 Å². The number of nitrogens with zero attached hydrogens (tertiary/aromatic N) is 2. The maximum atomic E-state index is 12.7. The average molecular weight is 460 g/mol. The van der Waals surface area contributed by atoms with Gasteiger partial charge in [0.05, 0.1) is 35.1 Å². The minimum absolute atomic E-state index is 0.0330. The number of hydrogen-bond acceptors (Lipinski definition) is 8. The zero-order chi connectivity index (χ0) is 23.6. The number of amides is 3. The van der Waals surface area contributed by atoms with E-state index in [9.17, 15) is 19.2 Å². The van der Waals surface area contributed by atoms with Crippen LogP contribution in [0.1, 0.15) is 63.8 Å². The van der Waals surface area contributed by atoms with Crippen LogP contribution in [0.3, 0.4) is 0 Å². The Labute approximate surface area is 189 Å². The normalized spacial score (nSPS) is 13.5. The molecule has 0 saturated heterocycles. The van der Waals surface area contributed by atoms with Crippen LogP contribution >= 0.6 is 11.3 Å². The monoisotopic (exact) mass is 459 g/mol. The molecule has 10 heteroatoms. The van der Waals surface area contributed by atoms with Crippen LogP contribution in [-0.4, -0.2) is 58.4 Å². The lowest BCUT2D eigenvalue weighted by Gasteiger charge is -2.33. The van der Waals surface area contributed by atoms with Crippen LogP contribution in [0.15, 0.2) is 24.3 Å². The maximum absolute atomic E-state index is 12.7. The van der Waals surface area contributed by atoms with E-state index in [2.05, 4.69) is 10.3 Å². The Hall–Kier alpha value is -3.11. The first-order valence-electron chi connectivity index (χ1n) is 10.0. The fourth-order valence-corrected chi connectivity index (χ4v) is 4.12. The molecule has 1 N–H and O–H groups in total. The lowest BCUT2D eigenvalue weighted by Crippen LogP contribution is -2.50. The molecule has 9 nitrogen and oxygen atoms in total. The average Bonchev–Trinajstić information content (AvgIpc) is 3.18. The number of ether oxygens (including phenoxy) is 2. The molecule has 3 amide bonds. The standard InChI is InChI=1S/C22H25N3O6S/c1-12(2)31-20(29)17-13(3)23-21(32-17)24-16(26)10-30-11-22(4,5)25-18(27)14-8-6-7-9-15(14)19(25)28/h6-9,12H,10-11H2,1-5H3,(H,23,24,26). The fourth-order valence-electron chi connectivity index (χ4n) is 3.26. The highest BCUT2D eigenvalue weighted by Gasteiger charge is 2.44. The van der Waals surface area contributed by atoms with Gasteiger partial charge in [0, 0.05) is 0 Å². The number of anilines is 1. The second kappa shape index (κ2) is 9.17. The van der Waals surface area contributed by atoms with Gasteiger partial charge in [0.2, 0.25) is 0 Å². The van der Waals surface area contributed by atoms with Crippen molar-refractivity contribution in [2.45, 2.75) is 46.3 Å². The lowest BCUT2D eigenvalue weighted by molar-refractivity contribution is -0.121. The number of imide groups is 1. The predicted octanol–water partition coefficient (Wildman–Crippen LogP) is 3.05. The van der Waals surface area contributed by atoms with Gasteiger partial charge in [0.15, 0.2) is 5.13 Å². The highest BCUT2D eigenvalue weighted by Crippen LogP contribution is 2.29. The van der Waals surface area contributed by atoms with Crippen LogP contribution in [0.5, 0.6) is 0 Å². The van der Waals surface area contributed by atoms with Crippen molar-refractivity contribution < 1.29 is 28.7 Å². The summed E-state index contributed by atoms with van der Waals surface area (Å²) in [5, 5.41) is 2.84. The number of carbonyl (C=O) groups is 4. The summed E-state index contributed by atoms with van der Waals surface area (Å²) in [5.74, 6) is -1.74. The van der Waals surface area contributed by atoms with Crippen molar-refractivity contribution in [3.8, 4) is 0 Å². The minimum Gasteiger partial charge on any atom is -0.459 e. The van der Waals surface area contributed by atoms with Gasteiger partial charge in [-0.25, -0.2) is 9.78 Å². The Morgan fingerprint density at radius 1 is 1.16 bits per heavy atom. The number of nitrogens with one attached hydrogen (secondary N) is 1. The van der Waals surface area contributed by atoms with Gasteiger partial charge >= 0.3 is 5.97 Å². The summed E-state index contributed by atoms with van der Waals surface area (Å²) in [7, 11) is 0. The van der Waals surface area contributed by atoms with Gasteiger partial charge < -0.3 is 9.47 Å². The molecule has 170 valence electrons. The molecule has 0 aliphatic carbocycles. The third-order valence-corrected chi connectivity index (χ3v) is 5.71. The zero-order valence-corrected chi connectivity index (χ0v) is 19.4. The number of benzene rings is 1. The van der Waals surface area contributed by atoms with Crippen LogP contribution in [-0.2, 0) is 14.3 Å². The Morgan fingerprint density at radius 2 is 1.75 bits per heavy atom. The van der Waals surface area contributed by atoms with Crippen LogP contribution in [0.2, 0.25) is 0 Å². The van der Waals surface area contributed by atoms with Crippen molar-refractivity contribution in [3.63, 3.8) is 0 Å². The molecule has 0 radical (unpaired) electrons. The number of esters is 1. The molecule has 1 aromatic carbocycles. The molecule has 0 unspecified atom stereocenters. The SMILES string of the molecule is Cc1nc(NC(=O)COCC(C)(C)N2C(=O)c3ccccc3C2=O)sc1C(=O)OC(C)C. The highest BCUT2D eigenvalue weighted by molar-refractivity contribution is 7.17. The highest BCUT2D eigenvalue weighted by atomic mass is 32.1. The smallest absolute Gasteiger partial charge is 0.350 e. The summed E-state index contributed by atoms with van der Waals surface area (Å²) in [5.41, 5.74) is 0.214. The van der Waals surface area contributed by atoms with E-state index in [0.717, 1.165) is 16.2 Å². The van der Waals surface area contributed by atoms with Gasteiger partial charge in [0.1, 0.15) is 11.5 Å². The molecular formula is C22H25N3O6S. The van der Waals surface area contributed by atoms with E-state index in [1.54, 1.807) is 58.9 Å². The molecule has 2 heterocycles. The summed E-state index contributed by atoms with van der Waals surface area (Å²) in [6, 6.07) is 6.63. The van der Waals surface area contributed by atoms with E-state index in [0.29, 0.717) is 21.7 Å². The van der Waals surface area contributed by atoms with Gasteiger partial charge in [-0.05, 0) is 46.8 Å². The quantitative estimate of drug-likeness (QED) is 0.477. The summed E-state index contributed by atoms with van der Waals surface area (Å²) >= 11 is 1.02. The second-order valence-electron chi connectivity index (χ2n) is 8.23. The van der Waals surface area contributed by atoms with Crippen molar-refractivity contribution in [2.24, 2.45) is 0 Å². The molecule has 0 fully saturated rings. The topological polar surface area (TPSA) is 115 Å². The van der Waals surface area contributed by atoms with Crippen LogP contribution in [0, 0.1) is 6.92 Å². The number of thiazole rings is 1. The van der Waals surface area contributed by atoms with Gasteiger partial charge in [-0.15, -0.1) is 0 Å². The van der Waals surface area contributed by atoms with Crippen molar-refractivity contribution in [3.05, 3.63) is 46.0 Å². The predicted molar refractivity (Wildman–Crippen MR) is 118 cm³/mol. The summed E-state index contributed by atoms with van der Waals surface area (Å²) in [6.45, 7) is 8.21. The third kappa shape index (κ3) is 4.86. The van der Waals surface area contributed by atoms with Crippen molar-refractivity contribution in [1.29, 1.82) is 0 Å². The summed E-state index contributed by atoms with van der Waals surface area (Å²) in [4.78, 5) is 55.3. The fraction of sp³-hybridized carbons (Fsp3) is 0.409. The Bertz CT molecular complexity index is 1040. The molecule has 0 spiro atoms. The maximum Gasteiger partial charge on any atom is 0.350 e. The van der Waals surface area contributed by atoms with Crippen molar-refractivity contribution in [1.82, 2.24) is 9.88 Å². The number of aromatic nitrogens is 1. The van der Waals surface area contributed by atoms with Gasteiger partial charge in [-0.1, -0.05) is 23.5 Å². The molecule has 0 atom stereocenters. The third-order valence-electron chi connectivity index (χ3n) is 4.66. The molecule has 3 rings (SSSR count). The summed E-state index contributed by atoms with van der Waals surface area (Å²) in [6.07, 6.45) is -0.263. The molecule has 0 bridgehead atoms. The Balaban J connectivity index is 1.55. The first-order valence-corrected chi connectivity index (χ1v) is 10.9. The number of rotatable bonds is 8. The molecule has 1 aromatic heterocycles. The molecule has 2 aromatic rings. The molecular weight excluding hydrogens is 434 g/mol. The van der Waals surface area contributed by atoms with Gasteiger partial charge in [0.25, 0.3) is 17.7 Å². The van der Waals surface area contributed by atoms with E-state index in [1.165, 1.54) is 0 Å². The number of fused-ring (bicyclic) bond motifs is 1. The molecule has 32 heavy (non-hydrogen) atoms. The molecule has 1 aliphatic rings. The van der Waals surface area contributed by atoms with Gasteiger partial charge in [-0.2, -0.15) is 0 Å². The van der Waals surface area contributed by atoms with E-state index in [-0.39, 0.29) is 36.3 Å². The number of carbonyl (C=O) groups excluding carboxylic acids is 4. The van der Waals surface area contributed by atoms with Crippen LogP contribution in [0.25, 0.3) is 0 Å². The number of hydrogen-bond donors (Lipinski definition) is 1. The largest absolute Gasteiger partial charge is 0.459 e. The van der Waals surface area contributed by atoms with E-state index in [4.69, 9.17) is 9.47 Å². The van der Waals surface area contributed by atoms with E-state index >= 15 is 0 Å². The first kappa shape index (κ1) is 23.6. The van der Waals surface area contributed by atoms with Crippen LogP contribution in [0.4, 0.5) is 5.13 Å². The van der Waals surface area contributed by atoms with E-state index in [1.807, 2.05) is 0 Å². The molecule has 0 saturated carbocycles. The Morgan fingerprint density at radius 3 is 2.31 bits per heavy atom. The van der Waals surface area contributed by atoms with E-state index < -0.39 is 17.4 Å². The lowest BCUT2D eigenvalue weighted by atomic mass is 10.0. The van der Waals surface area contributed by atoms with Crippen molar-refractivity contribution >= 4 is 40.2 Å².